The van der Waals surface area contributed by atoms with Crippen molar-refractivity contribution < 1.29 is 14.3 Å². The minimum atomic E-state index is -1.04. The van der Waals surface area contributed by atoms with E-state index in [0.29, 0.717) is 0 Å². The van der Waals surface area contributed by atoms with Crippen molar-refractivity contribution in [3.05, 3.63) is 59.7 Å². The quantitative estimate of drug-likeness (QED) is 0.627. The minimum Gasteiger partial charge on any atom is -0.451 e. The number of hydrogen-bond acceptors (Lipinski definition) is 3. The van der Waals surface area contributed by atoms with Gasteiger partial charge in [0.15, 0.2) is 11.4 Å². The van der Waals surface area contributed by atoms with Gasteiger partial charge in [0.05, 0.1) is 0 Å². The first kappa shape index (κ1) is 14.5. The maximum atomic E-state index is 12.4. The number of ether oxygens (including phenoxy) is 1. The Hall–Kier alpha value is -2.42. The fourth-order valence-electron chi connectivity index (χ4n) is 2.89. The van der Waals surface area contributed by atoms with Crippen LogP contribution in [0.5, 0.6) is 0 Å². The molecule has 2 aromatic rings. The monoisotopic (exact) mass is 294 g/mol. The molecule has 1 unspecified atom stereocenters. The molecule has 1 saturated heterocycles. The van der Waals surface area contributed by atoms with E-state index in [-0.39, 0.29) is 5.78 Å². The summed E-state index contributed by atoms with van der Waals surface area (Å²) in [6.45, 7) is 5.20. The molecule has 0 saturated carbocycles. The summed E-state index contributed by atoms with van der Waals surface area (Å²) in [5.74, 6) is -1.43. The lowest BCUT2D eigenvalue weighted by atomic mass is 9.86. The first-order chi connectivity index (χ1) is 10.4. The van der Waals surface area contributed by atoms with Crippen LogP contribution in [-0.4, -0.2) is 17.4 Å². The van der Waals surface area contributed by atoms with Crippen LogP contribution in [0.25, 0.3) is 11.1 Å². The van der Waals surface area contributed by atoms with E-state index in [1.54, 1.807) is 13.8 Å². The summed E-state index contributed by atoms with van der Waals surface area (Å²) in [5, 5.41) is 0. The molecule has 0 spiro atoms. The number of hydrogen-bond donors (Lipinski definition) is 0. The number of carbonyl (C=O) groups excluding carboxylic acids is 2. The number of Topliss-reactive ketones (excluding diaryl/α,β-unsaturated/α-hetero) is 1. The van der Waals surface area contributed by atoms with Gasteiger partial charge < -0.3 is 4.74 Å². The van der Waals surface area contributed by atoms with E-state index >= 15 is 0 Å². The molecule has 0 N–H and O–H groups in total. The topological polar surface area (TPSA) is 43.4 Å². The van der Waals surface area contributed by atoms with Gasteiger partial charge in [0.1, 0.15) is 5.92 Å². The number of cyclic esters (lactones) is 1. The summed E-state index contributed by atoms with van der Waals surface area (Å²) >= 11 is 0. The van der Waals surface area contributed by atoms with Crippen molar-refractivity contribution in [3.63, 3.8) is 0 Å². The summed E-state index contributed by atoms with van der Waals surface area (Å²) in [7, 11) is 0. The van der Waals surface area contributed by atoms with Crippen molar-refractivity contribution in [2.45, 2.75) is 32.3 Å². The van der Waals surface area contributed by atoms with Gasteiger partial charge in [-0.15, -0.1) is 0 Å². The Labute approximate surface area is 129 Å². The SMILES string of the molecule is Cc1cc(-c2ccccc2)ccc1C1C(=O)OC(C)(C)C1=O. The number of rotatable bonds is 2. The normalized spacial score (nSPS) is 20.0. The lowest BCUT2D eigenvalue weighted by Crippen LogP contribution is -2.29. The zero-order valence-electron chi connectivity index (χ0n) is 12.9. The van der Waals surface area contributed by atoms with Crippen molar-refractivity contribution in [3.8, 4) is 11.1 Å². The number of aryl methyl sites for hydroxylation is 1. The second-order valence-corrected chi connectivity index (χ2v) is 6.17. The van der Waals surface area contributed by atoms with Gasteiger partial charge in [0.25, 0.3) is 0 Å². The van der Waals surface area contributed by atoms with E-state index < -0.39 is 17.5 Å². The average molecular weight is 294 g/mol. The van der Waals surface area contributed by atoms with Gasteiger partial charge in [-0.1, -0.05) is 48.5 Å². The molecule has 3 heteroatoms. The molecule has 0 aromatic heterocycles. The average Bonchev–Trinajstić information content (AvgIpc) is 2.69. The van der Waals surface area contributed by atoms with Crippen molar-refractivity contribution in [2.24, 2.45) is 0 Å². The second-order valence-electron chi connectivity index (χ2n) is 6.17. The van der Waals surface area contributed by atoms with Crippen LogP contribution >= 0.6 is 0 Å². The molecule has 0 aliphatic carbocycles. The van der Waals surface area contributed by atoms with Crippen LogP contribution < -0.4 is 0 Å². The zero-order chi connectivity index (χ0) is 15.9. The number of esters is 1. The van der Waals surface area contributed by atoms with Crippen LogP contribution in [0.4, 0.5) is 0 Å². The highest BCUT2D eigenvalue weighted by molar-refractivity contribution is 6.13. The third kappa shape index (κ3) is 2.33. The number of carbonyl (C=O) groups is 2. The molecule has 1 aliphatic heterocycles. The molecule has 112 valence electrons. The molecule has 2 aromatic carbocycles. The Morgan fingerprint density at radius 1 is 0.955 bits per heavy atom. The lowest BCUT2D eigenvalue weighted by Gasteiger charge is -2.14. The van der Waals surface area contributed by atoms with Gasteiger partial charge >= 0.3 is 5.97 Å². The van der Waals surface area contributed by atoms with E-state index in [2.05, 4.69) is 0 Å². The zero-order valence-corrected chi connectivity index (χ0v) is 12.9. The van der Waals surface area contributed by atoms with Gasteiger partial charge in [0.2, 0.25) is 0 Å². The van der Waals surface area contributed by atoms with Crippen LogP contribution in [-0.2, 0) is 14.3 Å². The Balaban J connectivity index is 2.00. The van der Waals surface area contributed by atoms with Crippen molar-refractivity contribution in [1.29, 1.82) is 0 Å². The summed E-state index contributed by atoms with van der Waals surface area (Å²) in [5.41, 5.74) is 2.80. The molecule has 1 fully saturated rings. The van der Waals surface area contributed by atoms with Crippen LogP contribution in [0.15, 0.2) is 48.5 Å². The van der Waals surface area contributed by atoms with Crippen LogP contribution in [0.2, 0.25) is 0 Å². The molecule has 3 rings (SSSR count). The van der Waals surface area contributed by atoms with E-state index in [0.717, 1.165) is 22.3 Å². The molecule has 3 nitrogen and oxygen atoms in total. The van der Waals surface area contributed by atoms with Gasteiger partial charge in [-0.05, 0) is 43.0 Å². The molecule has 0 radical (unpaired) electrons. The number of benzene rings is 2. The first-order valence-corrected chi connectivity index (χ1v) is 7.33. The first-order valence-electron chi connectivity index (χ1n) is 7.33. The third-order valence-electron chi connectivity index (χ3n) is 4.13. The molecule has 1 atom stereocenters. The fourth-order valence-corrected chi connectivity index (χ4v) is 2.89. The number of ketones is 1. The van der Waals surface area contributed by atoms with Gasteiger partial charge in [0, 0.05) is 0 Å². The summed E-state index contributed by atoms with van der Waals surface area (Å²) < 4.78 is 5.21. The highest BCUT2D eigenvalue weighted by Crippen LogP contribution is 2.36. The highest BCUT2D eigenvalue weighted by Gasteiger charge is 2.50. The predicted molar refractivity (Wildman–Crippen MR) is 84.5 cm³/mol. The van der Waals surface area contributed by atoms with Gasteiger partial charge in [-0.3, -0.25) is 9.59 Å². The molecule has 22 heavy (non-hydrogen) atoms. The molecule has 1 aliphatic rings. The van der Waals surface area contributed by atoms with Crippen molar-refractivity contribution >= 4 is 11.8 Å². The van der Waals surface area contributed by atoms with Crippen LogP contribution in [0.1, 0.15) is 30.9 Å². The third-order valence-corrected chi connectivity index (χ3v) is 4.13. The Bertz CT molecular complexity index is 745. The van der Waals surface area contributed by atoms with E-state index in [4.69, 9.17) is 4.74 Å². The lowest BCUT2D eigenvalue weighted by molar-refractivity contribution is -0.148. The molecule has 0 bridgehead atoms. The van der Waals surface area contributed by atoms with Crippen LogP contribution in [0.3, 0.4) is 0 Å². The molecule has 0 amide bonds. The molecular weight excluding hydrogens is 276 g/mol. The van der Waals surface area contributed by atoms with Crippen molar-refractivity contribution in [2.75, 3.05) is 0 Å². The van der Waals surface area contributed by atoms with E-state index in [9.17, 15) is 9.59 Å². The smallest absolute Gasteiger partial charge is 0.322 e. The Morgan fingerprint density at radius 3 is 2.18 bits per heavy atom. The molecular formula is C19H18O3. The standard InChI is InChI=1S/C19H18O3/c1-12-11-14(13-7-5-4-6-8-13)9-10-15(12)16-17(20)19(2,3)22-18(16)21/h4-11,16H,1-3H3. The van der Waals surface area contributed by atoms with Gasteiger partial charge in [-0.25, -0.2) is 0 Å². The maximum Gasteiger partial charge on any atom is 0.322 e. The summed E-state index contributed by atoms with van der Waals surface area (Å²) in [4.78, 5) is 24.5. The second kappa shape index (κ2) is 5.09. The highest BCUT2D eigenvalue weighted by atomic mass is 16.6. The Kier molecular flexibility index (Phi) is 3.36. The predicted octanol–water partition coefficient (Wildman–Crippen LogP) is 3.65. The maximum absolute atomic E-state index is 12.4. The molecule has 1 heterocycles. The summed E-state index contributed by atoms with van der Waals surface area (Å²) in [6, 6.07) is 15.8. The van der Waals surface area contributed by atoms with Gasteiger partial charge in [-0.2, -0.15) is 0 Å². The largest absolute Gasteiger partial charge is 0.451 e. The minimum absolute atomic E-state index is 0.173. The Morgan fingerprint density at radius 2 is 1.64 bits per heavy atom. The van der Waals surface area contributed by atoms with Crippen molar-refractivity contribution in [1.82, 2.24) is 0 Å². The fraction of sp³-hybridized carbons (Fsp3) is 0.263. The van der Waals surface area contributed by atoms with Crippen LogP contribution in [0, 0.1) is 6.92 Å². The van der Waals surface area contributed by atoms with E-state index in [1.807, 2.05) is 55.5 Å². The van der Waals surface area contributed by atoms with E-state index in [1.165, 1.54) is 0 Å². The summed E-state index contributed by atoms with van der Waals surface area (Å²) in [6.07, 6.45) is 0.